The summed E-state index contributed by atoms with van der Waals surface area (Å²) in [5.74, 6) is 0. The van der Waals surface area contributed by atoms with Crippen molar-refractivity contribution in [3.63, 3.8) is 0 Å². The van der Waals surface area contributed by atoms with Crippen LogP contribution in [0.25, 0.3) is 0 Å². The summed E-state index contributed by atoms with van der Waals surface area (Å²) in [6.45, 7) is 5.23. The zero-order valence-corrected chi connectivity index (χ0v) is 3.95. The van der Waals surface area contributed by atoms with Gasteiger partial charge in [-0.1, -0.05) is 0 Å². The second-order valence-electron chi connectivity index (χ2n) is 2.17. The first-order chi connectivity index (χ1) is 2.00. The predicted octanol–water partition coefficient (Wildman–Crippen LogP) is -1.06. The van der Waals surface area contributed by atoms with E-state index in [4.69, 9.17) is 5.11 Å². The molecule has 0 aromatic carbocycles. The van der Waals surface area contributed by atoms with E-state index in [2.05, 4.69) is 0 Å². The zero-order valence-electron chi connectivity index (χ0n) is 3.95. The minimum atomic E-state index is -0.500. The fourth-order valence-corrected chi connectivity index (χ4v) is 0. The Hall–Kier alpha value is 1.09. The van der Waals surface area contributed by atoms with Crippen LogP contribution in [0.15, 0.2) is 0 Å². The topological polar surface area (TPSA) is 20.2 Å². The quantitative estimate of drug-likeness (QED) is 0.396. The molecule has 0 aromatic heterocycles. The molecule has 0 saturated carbocycles. The molecule has 0 aliphatic carbocycles. The maximum absolute atomic E-state index is 8.52. The molecule has 40 valence electrons. The third-order valence-corrected chi connectivity index (χ3v) is 0. The summed E-state index contributed by atoms with van der Waals surface area (Å²) in [4.78, 5) is 0. The number of hydrogen-bond donors (Lipinski definition) is 1. The molecule has 0 spiro atoms. The van der Waals surface area contributed by atoms with E-state index in [1.165, 1.54) is 0 Å². The van der Waals surface area contributed by atoms with Crippen molar-refractivity contribution in [3.8, 4) is 0 Å². The molecule has 0 bridgehead atoms. The number of aliphatic hydroxyl groups is 1. The van der Waals surface area contributed by atoms with Crippen molar-refractivity contribution < 1.29 is 5.11 Å². The van der Waals surface area contributed by atoms with Gasteiger partial charge in [-0.05, 0) is 20.8 Å². The summed E-state index contributed by atoms with van der Waals surface area (Å²) in [6, 6.07) is 0. The molecule has 1 N–H and O–H groups in total. The molecule has 0 atom stereocenters. The van der Waals surface area contributed by atoms with E-state index in [0.717, 1.165) is 0 Å². The van der Waals surface area contributed by atoms with Gasteiger partial charge in [0, 0.05) is 0 Å². The Kier molecular flexibility index (Phi) is 11.7. The summed E-state index contributed by atoms with van der Waals surface area (Å²) in [7, 11) is 0. The van der Waals surface area contributed by atoms with E-state index >= 15 is 0 Å². The molecule has 7 heavy (non-hydrogen) atoms. The van der Waals surface area contributed by atoms with E-state index in [0.29, 0.717) is 0 Å². The second kappa shape index (κ2) is 5.23. The van der Waals surface area contributed by atoms with Crippen molar-refractivity contribution in [2.24, 2.45) is 0 Å². The molecule has 0 heterocycles. The Bertz CT molecular complexity index is 27.2. The van der Waals surface area contributed by atoms with Gasteiger partial charge in [-0.15, -0.1) is 0 Å². The summed E-state index contributed by atoms with van der Waals surface area (Å²) >= 11 is 0. The van der Waals surface area contributed by atoms with E-state index in [-0.39, 0.29) is 36.2 Å². The third kappa shape index (κ3) is 155. The molecule has 0 rings (SSSR count). The predicted molar refractivity (Wildman–Crippen MR) is 39.1 cm³/mol. The van der Waals surface area contributed by atoms with Gasteiger partial charge in [-0.25, -0.2) is 0 Å². The maximum atomic E-state index is 8.52. The van der Waals surface area contributed by atoms with Gasteiger partial charge in [-0.2, -0.15) is 0 Å². The molecule has 0 aliphatic heterocycles. The van der Waals surface area contributed by atoms with Gasteiger partial charge in [0.25, 0.3) is 0 Å². The van der Waals surface area contributed by atoms with E-state index in [1.54, 1.807) is 20.8 Å². The standard InChI is InChI=1S/C4H10O.Al.Li.4H/c1-4(2,3)5;;;;;;/h5H,1-3H3;;;;;;. The summed E-state index contributed by atoms with van der Waals surface area (Å²) in [6.07, 6.45) is 0. The minimum absolute atomic E-state index is 0. The first kappa shape index (κ1) is 15.7. The molecular weight excluding hydrogens is 98.0 g/mol. The van der Waals surface area contributed by atoms with Gasteiger partial charge in [0.1, 0.15) is 0 Å². The molecule has 0 amide bonds. The molecule has 1 nitrogen and oxygen atoms in total. The zero-order chi connectivity index (χ0) is 4.50. The molecule has 0 saturated heterocycles. The van der Waals surface area contributed by atoms with Crippen LogP contribution in [-0.2, 0) is 0 Å². The molecule has 0 aromatic rings. The van der Waals surface area contributed by atoms with E-state index in [9.17, 15) is 0 Å². The van der Waals surface area contributed by atoms with Gasteiger partial charge >= 0.3 is 18.9 Å². The van der Waals surface area contributed by atoms with Gasteiger partial charge in [0.15, 0.2) is 17.4 Å². The summed E-state index contributed by atoms with van der Waals surface area (Å²) < 4.78 is 0. The van der Waals surface area contributed by atoms with Gasteiger partial charge in [0.2, 0.25) is 0 Å². The van der Waals surface area contributed by atoms with Crippen molar-refractivity contribution in [1.82, 2.24) is 0 Å². The monoisotopic (exact) mass is 112 g/mol. The summed E-state index contributed by atoms with van der Waals surface area (Å²) in [5.41, 5.74) is -0.500. The van der Waals surface area contributed by atoms with E-state index < -0.39 is 5.60 Å². The van der Waals surface area contributed by atoms with Crippen LogP contribution >= 0.6 is 0 Å². The van der Waals surface area contributed by atoms with E-state index in [1.807, 2.05) is 0 Å². The SMILES string of the molecule is CC(C)(C)O.[AlH3].[LiH]. The van der Waals surface area contributed by atoms with Crippen molar-refractivity contribution in [2.75, 3.05) is 0 Å². The fourth-order valence-electron chi connectivity index (χ4n) is 0. The van der Waals surface area contributed by atoms with Crippen LogP contribution in [0.1, 0.15) is 20.8 Å². The fraction of sp³-hybridized carbons (Fsp3) is 1.00. The Morgan fingerprint density at radius 3 is 1.14 bits per heavy atom. The molecule has 0 unspecified atom stereocenters. The van der Waals surface area contributed by atoms with Crippen LogP contribution in [0, 0.1) is 0 Å². The molecule has 0 radical (unpaired) electrons. The Balaban J connectivity index is -0.0000000800. The van der Waals surface area contributed by atoms with Crippen LogP contribution in [0.5, 0.6) is 0 Å². The first-order valence-corrected chi connectivity index (χ1v) is 1.72. The van der Waals surface area contributed by atoms with Crippen molar-refractivity contribution >= 4 is 36.2 Å². The van der Waals surface area contributed by atoms with Crippen LogP contribution in [0.2, 0.25) is 0 Å². The molecule has 3 heteroatoms. The van der Waals surface area contributed by atoms with Crippen LogP contribution in [0.3, 0.4) is 0 Å². The van der Waals surface area contributed by atoms with Gasteiger partial charge < -0.3 is 5.11 Å². The summed E-state index contributed by atoms with van der Waals surface area (Å²) in [5, 5.41) is 8.52. The van der Waals surface area contributed by atoms with Crippen LogP contribution in [0.4, 0.5) is 0 Å². The van der Waals surface area contributed by atoms with Crippen LogP contribution in [-0.4, -0.2) is 46.9 Å². The normalized spacial score (nSPS) is 8.57. The third-order valence-electron chi connectivity index (χ3n) is 0. The first-order valence-electron chi connectivity index (χ1n) is 1.72. The van der Waals surface area contributed by atoms with Crippen LogP contribution < -0.4 is 0 Å². The van der Waals surface area contributed by atoms with Crippen molar-refractivity contribution in [3.05, 3.63) is 0 Å². The van der Waals surface area contributed by atoms with Gasteiger partial charge in [0.05, 0.1) is 5.60 Å². The average molecular weight is 112 g/mol. The van der Waals surface area contributed by atoms with Crippen molar-refractivity contribution in [2.45, 2.75) is 26.4 Å². The average Bonchev–Trinajstić information content (AvgIpc) is 0.722. The Morgan fingerprint density at radius 1 is 1.14 bits per heavy atom. The Morgan fingerprint density at radius 2 is 1.14 bits per heavy atom. The van der Waals surface area contributed by atoms with Gasteiger partial charge in [-0.3, -0.25) is 0 Å². The Labute approximate surface area is 67.8 Å². The number of rotatable bonds is 0. The molecule has 0 fully saturated rings. The number of hydrogen-bond acceptors (Lipinski definition) is 1. The molecular formula is C4H14AlLiO. The van der Waals surface area contributed by atoms with Crippen molar-refractivity contribution in [1.29, 1.82) is 0 Å². The molecule has 0 aliphatic rings. The second-order valence-corrected chi connectivity index (χ2v) is 2.17.